The topological polar surface area (TPSA) is 81.5 Å². The molecule has 1 amide bonds. The van der Waals surface area contributed by atoms with Crippen LogP contribution in [0.2, 0.25) is 0 Å². The molecular formula is C22H33N5O3. The van der Waals surface area contributed by atoms with Crippen molar-refractivity contribution in [1.29, 1.82) is 0 Å². The molecule has 0 radical (unpaired) electrons. The molecular weight excluding hydrogens is 382 g/mol. The normalized spacial score (nSPS) is 20.4. The van der Waals surface area contributed by atoms with Gasteiger partial charge in [-0.2, -0.15) is 5.10 Å². The van der Waals surface area contributed by atoms with E-state index in [4.69, 9.17) is 19.6 Å². The molecule has 1 aliphatic carbocycles. The number of amides is 1. The third-order valence-corrected chi connectivity index (χ3v) is 5.93. The minimum Gasteiger partial charge on any atom is -0.385 e. The van der Waals surface area contributed by atoms with Crippen molar-refractivity contribution in [3.63, 3.8) is 0 Å². The van der Waals surface area contributed by atoms with E-state index >= 15 is 0 Å². The monoisotopic (exact) mass is 415 g/mol. The highest BCUT2D eigenvalue weighted by Crippen LogP contribution is 2.36. The summed E-state index contributed by atoms with van der Waals surface area (Å²) in [5, 5.41) is 8.22. The van der Waals surface area contributed by atoms with Crippen LogP contribution in [-0.4, -0.2) is 71.1 Å². The second kappa shape index (κ2) is 9.41. The summed E-state index contributed by atoms with van der Waals surface area (Å²) in [5.74, 6) is 0.0621. The molecule has 2 aliphatic rings. The predicted molar refractivity (Wildman–Crippen MR) is 114 cm³/mol. The van der Waals surface area contributed by atoms with Crippen LogP contribution < -0.4 is 5.32 Å². The van der Waals surface area contributed by atoms with Crippen molar-refractivity contribution >= 4 is 16.9 Å². The molecule has 8 heteroatoms. The van der Waals surface area contributed by atoms with Crippen molar-refractivity contribution in [1.82, 2.24) is 25.0 Å². The van der Waals surface area contributed by atoms with Gasteiger partial charge < -0.3 is 19.7 Å². The maximum Gasteiger partial charge on any atom is 0.253 e. The molecule has 1 aliphatic heterocycles. The third kappa shape index (κ3) is 4.50. The third-order valence-electron chi connectivity index (χ3n) is 5.93. The number of pyridine rings is 1. The number of morpholine rings is 1. The van der Waals surface area contributed by atoms with Crippen molar-refractivity contribution in [2.75, 3.05) is 33.4 Å². The van der Waals surface area contributed by atoms with Gasteiger partial charge in [-0.25, -0.2) is 0 Å². The van der Waals surface area contributed by atoms with Gasteiger partial charge in [-0.3, -0.25) is 14.5 Å². The zero-order valence-corrected chi connectivity index (χ0v) is 18.3. The number of ether oxygens (including phenoxy) is 2. The van der Waals surface area contributed by atoms with Crippen LogP contribution in [0.4, 0.5) is 0 Å². The first-order chi connectivity index (χ1) is 14.6. The highest BCUT2D eigenvalue weighted by Gasteiger charge is 2.41. The van der Waals surface area contributed by atoms with E-state index in [-0.39, 0.29) is 18.0 Å². The first-order valence-corrected chi connectivity index (χ1v) is 11.1. The van der Waals surface area contributed by atoms with Gasteiger partial charge in [0.05, 0.1) is 18.2 Å². The number of hydrogen-bond acceptors (Lipinski definition) is 6. The summed E-state index contributed by atoms with van der Waals surface area (Å²) in [6.07, 6.45) is 5.52. The molecule has 8 nitrogen and oxygen atoms in total. The van der Waals surface area contributed by atoms with Crippen molar-refractivity contribution < 1.29 is 14.3 Å². The van der Waals surface area contributed by atoms with Gasteiger partial charge >= 0.3 is 0 Å². The number of carbonyl (C=O) groups is 1. The first-order valence-electron chi connectivity index (χ1n) is 11.1. The number of hydrogen-bond donors (Lipinski definition) is 1. The van der Waals surface area contributed by atoms with Crippen LogP contribution in [0.5, 0.6) is 0 Å². The summed E-state index contributed by atoms with van der Waals surface area (Å²) >= 11 is 0. The molecule has 164 valence electrons. The molecule has 1 N–H and O–H groups in total. The van der Waals surface area contributed by atoms with E-state index in [1.54, 1.807) is 7.11 Å². The van der Waals surface area contributed by atoms with Gasteiger partial charge in [-0.1, -0.05) is 0 Å². The summed E-state index contributed by atoms with van der Waals surface area (Å²) in [6, 6.07) is 2.26. The number of carbonyl (C=O) groups excluding carboxylic acids is 1. The molecule has 0 unspecified atom stereocenters. The standard InChI is InChI=1S/C22H33N5O3/c1-15-12-18-21(24-13-15)20(25-26(18)9-4-5-10-29-3)16(2)27(17-6-7-17)22(28)19-14-23-8-11-30-19/h12-13,16-17,19,23H,4-11,14H2,1-3H3/t16-,19-/m1/s1. The number of aromatic nitrogens is 3. The molecule has 1 saturated heterocycles. The smallest absolute Gasteiger partial charge is 0.253 e. The van der Waals surface area contributed by atoms with Gasteiger partial charge in [-0.05, 0) is 51.2 Å². The van der Waals surface area contributed by atoms with Gasteiger partial charge in [0.1, 0.15) is 17.3 Å². The number of unbranched alkanes of at least 4 members (excludes halogenated alkanes) is 1. The Labute approximate surface area is 177 Å². The van der Waals surface area contributed by atoms with E-state index in [0.717, 1.165) is 67.7 Å². The summed E-state index contributed by atoms with van der Waals surface area (Å²) in [6.45, 7) is 7.62. The minimum absolute atomic E-state index is 0.0621. The predicted octanol–water partition coefficient (Wildman–Crippen LogP) is 2.21. The molecule has 2 fully saturated rings. The van der Waals surface area contributed by atoms with E-state index in [0.29, 0.717) is 13.2 Å². The Morgan fingerprint density at radius 3 is 2.97 bits per heavy atom. The number of nitrogens with one attached hydrogen (secondary N) is 1. The summed E-state index contributed by atoms with van der Waals surface area (Å²) in [4.78, 5) is 20.0. The lowest BCUT2D eigenvalue weighted by molar-refractivity contribution is -0.148. The summed E-state index contributed by atoms with van der Waals surface area (Å²) in [5.41, 5.74) is 3.91. The average molecular weight is 416 g/mol. The van der Waals surface area contributed by atoms with E-state index in [1.165, 1.54) is 0 Å². The second-order valence-corrected chi connectivity index (χ2v) is 8.40. The van der Waals surface area contributed by atoms with Crippen LogP contribution in [0, 0.1) is 6.92 Å². The van der Waals surface area contributed by atoms with Crippen molar-refractivity contribution in [3.05, 3.63) is 23.5 Å². The van der Waals surface area contributed by atoms with Crippen LogP contribution >= 0.6 is 0 Å². The van der Waals surface area contributed by atoms with E-state index in [1.807, 2.05) is 22.7 Å². The Morgan fingerprint density at radius 1 is 1.43 bits per heavy atom. The number of methoxy groups -OCH3 is 1. The molecule has 3 heterocycles. The zero-order chi connectivity index (χ0) is 21.1. The molecule has 30 heavy (non-hydrogen) atoms. The number of nitrogens with zero attached hydrogens (tertiary/aromatic N) is 4. The molecule has 1 saturated carbocycles. The lowest BCUT2D eigenvalue weighted by atomic mass is 10.1. The molecule has 2 aromatic heterocycles. The maximum absolute atomic E-state index is 13.3. The van der Waals surface area contributed by atoms with Gasteiger partial charge in [0.15, 0.2) is 0 Å². The molecule has 2 atom stereocenters. The van der Waals surface area contributed by atoms with Crippen LogP contribution in [0.15, 0.2) is 12.3 Å². The highest BCUT2D eigenvalue weighted by molar-refractivity contribution is 5.84. The Hall–Kier alpha value is -2.03. The second-order valence-electron chi connectivity index (χ2n) is 8.40. The summed E-state index contributed by atoms with van der Waals surface area (Å²) < 4.78 is 13.0. The molecule has 0 aromatic carbocycles. The lowest BCUT2D eigenvalue weighted by Crippen LogP contribution is -2.50. The van der Waals surface area contributed by atoms with Crippen molar-refractivity contribution in [3.8, 4) is 0 Å². The Bertz CT molecular complexity index is 873. The zero-order valence-electron chi connectivity index (χ0n) is 18.3. The number of rotatable bonds is 9. The fourth-order valence-corrected chi connectivity index (χ4v) is 4.20. The van der Waals surface area contributed by atoms with Gasteiger partial charge in [0, 0.05) is 45.6 Å². The SMILES string of the molecule is COCCCCn1nc([C@@H](C)N(C(=O)[C@H]2CNCCO2)C2CC2)c2ncc(C)cc21. The molecule has 4 rings (SSSR count). The van der Waals surface area contributed by atoms with Crippen LogP contribution in [0.25, 0.3) is 11.0 Å². The maximum atomic E-state index is 13.3. The first kappa shape index (κ1) is 21.2. The fraction of sp³-hybridized carbons (Fsp3) is 0.682. The number of aryl methyl sites for hydroxylation is 2. The quantitative estimate of drug-likeness (QED) is 0.633. The Morgan fingerprint density at radius 2 is 2.27 bits per heavy atom. The van der Waals surface area contributed by atoms with Crippen LogP contribution in [-0.2, 0) is 20.8 Å². The summed E-state index contributed by atoms with van der Waals surface area (Å²) in [7, 11) is 1.73. The Kier molecular flexibility index (Phi) is 6.65. The van der Waals surface area contributed by atoms with E-state index < -0.39 is 6.10 Å². The largest absolute Gasteiger partial charge is 0.385 e. The van der Waals surface area contributed by atoms with Gasteiger partial charge in [0.25, 0.3) is 5.91 Å². The average Bonchev–Trinajstić information content (AvgIpc) is 3.53. The van der Waals surface area contributed by atoms with Gasteiger partial charge in [-0.15, -0.1) is 0 Å². The van der Waals surface area contributed by atoms with E-state index in [9.17, 15) is 4.79 Å². The molecule has 2 aromatic rings. The molecule has 0 bridgehead atoms. The van der Waals surface area contributed by atoms with Crippen LogP contribution in [0.1, 0.15) is 49.9 Å². The fourth-order valence-electron chi connectivity index (χ4n) is 4.20. The van der Waals surface area contributed by atoms with Crippen molar-refractivity contribution in [2.45, 2.75) is 64.3 Å². The van der Waals surface area contributed by atoms with E-state index in [2.05, 4.69) is 18.3 Å². The minimum atomic E-state index is -0.417. The highest BCUT2D eigenvalue weighted by atomic mass is 16.5. The molecule has 0 spiro atoms. The van der Waals surface area contributed by atoms with Gasteiger partial charge in [0.2, 0.25) is 0 Å². The van der Waals surface area contributed by atoms with Crippen LogP contribution in [0.3, 0.4) is 0 Å². The Balaban J connectivity index is 1.62. The number of fused-ring (bicyclic) bond motifs is 1. The lowest BCUT2D eigenvalue weighted by Gasteiger charge is -2.33. The van der Waals surface area contributed by atoms with Crippen molar-refractivity contribution in [2.24, 2.45) is 0 Å².